The Morgan fingerprint density at radius 2 is 1.67 bits per heavy atom. The minimum absolute atomic E-state index is 0.0183. The number of anilines is 1. The van der Waals surface area contributed by atoms with Gasteiger partial charge in [0, 0.05) is 24.7 Å². The smallest absolute Gasteiger partial charge is 0.264 e. The number of amides is 2. The third-order valence-corrected chi connectivity index (χ3v) is 7.82. The number of hydrogen-bond donors (Lipinski definition) is 1. The van der Waals surface area contributed by atoms with Gasteiger partial charge in [-0.3, -0.25) is 13.9 Å². The van der Waals surface area contributed by atoms with Crippen molar-refractivity contribution in [3.8, 4) is 5.75 Å². The van der Waals surface area contributed by atoms with Crippen LogP contribution in [-0.4, -0.2) is 51.9 Å². The summed E-state index contributed by atoms with van der Waals surface area (Å²) in [5.41, 5.74) is 0.874. The predicted molar refractivity (Wildman–Crippen MR) is 139 cm³/mol. The lowest BCUT2D eigenvalue weighted by Gasteiger charge is -2.32. The first kappa shape index (κ1) is 27.0. The summed E-state index contributed by atoms with van der Waals surface area (Å²) in [5.74, 6) is -0.539. The summed E-state index contributed by atoms with van der Waals surface area (Å²) in [6, 6.07) is 20.4. The maximum atomic E-state index is 13.7. The number of carbonyl (C=O) groups is 2. The lowest BCUT2D eigenvalue weighted by atomic mass is 10.1. The molecule has 0 aliphatic rings. The lowest BCUT2D eigenvalue weighted by Crippen LogP contribution is -2.50. The van der Waals surface area contributed by atoms with Crippen LogP contribution in [0.2, 0.25) is 5.02 Å². The van der Waals surface area contributed by atoms with Gasteiger partial charge in [-0.05, 0) is 42.8 Å². The zero-order valence-electron chi connectivity index (χ0n) is 20.2. The first-order valence-electron chi connectivity index (χ1n) is 11.2. The minimum Gasteiger partial charge on any atom is -0.497 e. The van der Waals surface area contributed by atoms with Gasteiger partial charge in [0.1, 0.15) is 18.3 Å². The van der Waals surface area contributed by atoms with E-state index in [1.165, 1.54) is 37.3 Å². The summed E-state index contributed by atoms with van der Waals surface area (Å²) in [6.07, 6.45) is 0. The Balaban J connectivity index is 2.05. The number of likely N-dealkylation sites (N-methyl/N-ethyl adjacent to an activating group) is 1. The summed E-state index contributed by atoms with van der Waals surface area (Å²) in [6.45, 7) is 1.05. The largest absolute Gasteiger partial charge is 0.497 e. The van der Waals surface area contributed by atoms with Gasteiger partial charge in [0.2, 0.25) is 11.8 Å². The molecule has 3 aromatic carbocycles. The molecular weight excluding hydrogens is 502 g/mol. The fourth-order valence-electron chi connectivity index (χ4n) is 3.62. The molecule has 190 valence electrons. The van der Waals surface area contributed by atoms with Gasteiger partial charge in [0.05, 0.1) is 17.7 Å². The molecule has 1 atom stereocenters. The van der Waals surface area contributed by atoms with Gasteiger partial charge in [-0.25, -0.2) is 8.42 Å². The fourth-order valence-corrected chi connectivity index (χ4v) is 5.24. The average Bonchev–Trinajstić information content (AvgIpc) is 2.90. The Morgan fingerprint density at radius 1 is 1.00 bits per heavy atom. The summed E-state index contributed by atoms with van der Waals surface area (Å²) in [5, 5.41) is 2.97. The number of nitrogens with zero attached hydrogens (tertiary/aromatic N) is 2. The Kier molecular flexibility index (Phi) is 8.95. The summed E-state index contributed by atoms with van der Waals surface area (Å²) < 4.78 is 33.6. The van der Waals surface area contributed by atoms with Crippen LogP contribution in [0.3, 0.4) is 0 Å². The number of carbonyl (C=O) groups excluding carboxylic acids is 2. The second-order valence-corrected chi connectivity index (χ2v) is 10.2. The highest BCUT2D eigenvalue weighted by Crippen LogP contribution is 2.28. The van der Waals surface area contributed by atoms with Crippen LogP contribution < -0.4 is 14.4 Å². The quantitative estimate of drug-likeness (QED) is 0.432. The number of hydrogen-bond acceptors (Lipinski definition) is 5. The summed E-state index contributed by atoms with van der Waals surface area (Å²) in [4.78, 5) is 27.5. The van der Waals surface area contributed by atoms with Gasteiger partial charge in [-0.15, -0.1) is 0 Å². The zero-order chi connectivity index (χ0) is 26.3. The van der Waals surface area contributed by atoms with Crippen molar-refractivity contribution < 1.29 is 22.7 Å². The normalized spacial score (nSPS) is 11.9. The van der Waals surface area contributed by atoms with Crippen LogP contribution in [0.5, 0.6) is 5.75 Å². The molecule has 0 saturated carbocycles. The molecular formula is C26H28ClN3O5S. The van der Waals surface area contributed by atoms with E-state index in [2.05, 4.69) is 5.32 Å². The number of nitrogens with one attached hydrogen (secondary N) is 1. The highest BCUT2D eigenvalue weighted by Gasteiger charge is 2.32. The second kappa shape index (κ2) is 11.9. The highest BCUT2D eigenvalue weighted by molar-refractivity contribution is 7.92. The third kappa shape index (κ3) is 6.16. The van der Waals surface area contributed by atoms with E-state index in [9.17, 15) is 18.0 Å². The average molecular weight is 530 g/mol. The van der Waals surface area contributed by atoms with Crippen LogP contribution in [0, 0.1) is 0 Å². The molecule has 0 bridgehead atoms. The number of methoxy groups -OCH3 is 1. The van der Waals surface area contributed by atoms with Crippen LogP contribution in [0.15, 0.2) is 83.8 Å². The number of sulfonamides is 1. The maximum Gasteiger partial charge on any atom is 0.264 e. The SMILES string of the molecule is CNC(=O)[C@H](C)N(Cc1ccccc1Cl)C(=O)CN(c1cccc(OC)c1)S(=O)(=O)c1ccccc1. The van der Waals surface area contributed by atoms with Gasteiger partial charge >= 0.3 is 0 Å². The Morgan fingerprint density at radius 3 is 2.31 bits per heavy atom. The van der Waals surface area contributed by atoms with Crippen molar-refractivity contribution in [1.82, 2.24) is 10.2 Å². The maximum absolute atomic E-state index is 13.7. The number of ether oxygens (including phenoxy) is 1. The molecule has 3 aromatic rings. The van der Waals surface area contributed by atoms with Crippen molar-refractivity contribution in [2.24, 2.45) is 0 Å². The molecule has 8 nitrogen and oxygen atoms in total. The van der Waals surface area contributed by atoms with E-state index in [-0.39, 0.29) is 17.1 Å². The molecule has 0 fully saturated rings. The van der Waals surface area contributed by atoms with Gasteiger partial charge in [-0.1, -0.05) is 54.1 Å². The van der Waals surface area contributed by atoms with Crippen molar-refractivity contribution in [1.29, 1.82) is 0 Å². The van der Waals surface area contributed by atoms with E-state index in [4.69, 9.17) is 16.3 Å². The molecule has 1 N–H and O–H groups in total. The molecule has 0 saturated heterocycles. The molecule has 0 aliphatic heterocycles. The molecule has 0 radical (unpaired) electrons. The number of benzene rings is 3. The molecule has 3 rings (SSSR count). The predicted octanol–water partition coefficient (Wildman–Crippen LogP) is 3.71. The van der Waals surface area contributed by atoms with Crippen molar-refractivity contribution in [3.05, 3.63) is 89.4 Å². The van der Waals surface area contributed by atoms with Crippen molar-refractivity contribution in [3.63, 3.8) is 0 Å². The van der Waals surface area contributed by atoms with E-state index in [1.807, 2.05) is 0 Å². The third-order valence-electron chi connectivity index (χ3n) is 5.66. The van der Waals surface area contributed by atoms with E-state index in [0.29, 0.717) is 16.3 Å². The molecule has 0 heterocycles. The molecule has 2 amide bonds. The molecule has 10 heteroatoms. The van der Waals surface area contributed by atoms with Crippen LogP contribution in [0.4, 0.5) is 5.69 Å². The van der Waals surface area contributed by atoms with Gasteiger partial charge in [0.25, 0.3) is 10.0 Å². The number of rotatable bonds is 10. The van der Waals surface area contributed by atoms with Crippen molar-refractivity contribution in [2.45, 2.75) is 24.4 Å². The molecule has 0 spiro atoms. The van der Waals surface area contributed by atoms with Gasteiger partial charge in [0.15, 0.2) is 0 Å². The van der Waals surface area contributed by atoms with Crippen molar-refractivity contribution in [2.75, 3.05) is 25.0 Å². The molecule has 0 unspecified atom stereocenters. The lowest BCUT2D eigenvalue weighted by molar-refractivity contribution is -0.139. The topological polar surface area (TPSA) is 96.0 Å². The van der Waals surface area contributed by atoms with Crippen LogP contribution in [0.1, 0.15) is 12.5 Å². The standard InChI is InChI=1S/C26H28ClN3O5S/c1-19(26(32)28-2)29(17-20-10-7-8-15-24(20)27)25(31)18-30(21-11-9-12-22(16-21)35-3)36(33,34)23-13-5-4-6-14-23/h4-16,19H,17-18H2,1-3H3,(H,28,32)/t19-/m0/s1. The highest BCUT2D eigenvalue weighted by atomic mass is 35.5. The molecule has 0 aromatic heterocycles. The van der Waals surface area contributed by atoms with Gasteiger partial charge in [-0.2, -0.15) is 0 Å². The summed E-state index contributed by atoms with van der Waals surface area (Å²) >= 11 is 6.32. The molecule has 0 aliphatic carbocycles. The van der Waals surface area contributed by atoms with Crippen molar-refractivity contribution >= 4 is 39.1 Å². The van der Waals surface area contributed by atoms with Gasteiger partial charge < -0.3 is 15.0 Å². The zero-order valence-corrected chi connectivity index (χ0v) is 21.8. The first-order chi connectivity index (χ1) is 17.2. The Hall–Kier alpha value is -3.56. The first-order valence-corrected chi connectivity index (χ1v) is 13.0. The van der Waals surface area contributed by atoms with E-state index in [0.717, 1.165) is 4.31 Å². The van der Waals surface area contributed by atoms with Crippen LogP contribution >= 0.6 is 11.6 Å². The van der Waals surface area contributed by atoms with E-state index in [1.54, 1.807) is 67.6 Å². The monoisotopic (exact) mass is 529 g/mol. The minimum atomic E-state index is -4.14. The van der Waals surface area contributed by atoms with Crippen LogP contribution in [-0.2, 0) is 26.2 Å². The van der Waals surface area contributed by atoms with E-state index >= 15 is 0 Å². The van der Waals surface area contributed by atoms with E-state index < -0.39 is 34.4 Å². The molecule has 36 heavy (non-hydrogen) atoms. The second-order valence-electron chi connectivity index (χ2n) is 7.93. The Labute approximate surface area is 216 Å². The van der Waals surface area contributed by atoms with Crippen LogP contribution in [0.25, 0.3) is 0 Å². The Bertz CT molecular complexity index is 1320. The number of halogens is 1. The summed E-state index contributed by atoms with van der Waals surface area (Å²) in [7, 11) is -1.20. The fraction of sp³-hybridized carbons (Fsp3) is 0.231.